The predicted molar refractivity (Wildman–Crippen MR) is 68.1 cm³/mol. The molecule has 0 aliphatic carbocycles. The van der Waals surface area contributed by atoms with Crippen LogP contribution < -0.4 is 5.32 Å². The number of hydrogen-bond acceptors (Lipinski definition) is 2. The van der Waals surface area contributed by atoms with E-state index in [0.717, 1.165) is 6.54 Å². The zero-order valence-electron chi connectivity index (χ0n) is 9.50. The monoisotopic (exact) mass is 221 g/mol. The van der Waals surface area contributed by atoms with Crippen molar-refractivity contribution in [3.8, 4) is 0 Å². The Labute approximate surface area is 95.4 Å². The SMILES string of the molecule is Cc1ccc(NC2=[N+](C)CCS2)c(C)c1. The highest BCUT2D eigenvalue weighted by atomic mass is 32.2. The number of nitrogens with zero attached hydrogens (tertiary/aromatic N) is 1. The van der Waals surface area contributed by atoms with Gasteiger partial charge in [-0.2, -0.15) is 0 Å². The molecule has 0 unspecified atom stereocenters. The Morgan fingerprint density at radius 1 is 1.33 bits per heavy atom. The first-order valence-corrected chi connectivity index (χ1v) is 6.20. The number of nitrogens with one attached hydrogen (secondary N) is 1. The van der Waals surface area contributed by atoms with Crippen molar-refractivity contribution in [2.45, 2.75) is 13.8 Å². The summed E-state index contributed by atoms with van der Waals surface area (Å²) < 4.78 is 2.27. The summed E-state index contributed by atoms with van der Waals surface area (Å²) in [6, 6.07) is 6.52. The Kier molecular flexibility index (Phi) is 3.00. The number of amidine groups is 1. The fourth-order valence-electron chi connectivity index (χ4n) is 1.69. The minimum Gasteiger partial charge on any atom is -0.258 e. The molecule has 0 radical (unpaired) electrons. The molecule has 0 amide bonds. The van der Waals surface area contributed by atoms with E-state index in [0.29, 0.717) is 0 Å². The van der Waals surface area contributed by atoms with Crippen LogP contribution in [0.2, 0.25) is 0 Å². The maximum absolute atomic E-state index is 3.49. The van der Waals surface area contributed by atoms with Crippen molar-refractivity contribution in [3.05, 3.63) is 29.3 Å². The lowest BCUT2D eigenvalue weighted by Crippen LogP contribution is -2.17. The van der Waals surface area contributed by atoms with Gasteiger partial charge in [-0.05, 0) is 37.2 Å². The molecule has 0 saturated carbocycles. The molecule has 15 heavy (non-hydrogen) atoms. The van der Waals surface area contributed by atoms with Crippen molar-refractivity contribution in [2.75, 3.05) is 24.7 Å². The van der Waals surface area contributed by atoms with Crippen LogP contribution in [0.25, 0.3) is 0 Å². The van der Waals surface area contributed by atoms with Crippen LogP contribution in [0.3, 0.4) is 0 Å². The highest BCUT2D eigenvalue weighted by Crippen LogP contribution is 2.19. The summed E-state index contributed by atoms with van der Waals surface area (Å²) in [6.45, 7) is 5.41. The number of aryl methyl sites for hydroxylation is 2. The van der Waals surface area contributed by atoms with Gasteiger partial charge in [-0.25, -0.2) is 5.32 Å². The summed E-state index contributed by atoms with van der Waals surface area (Å²) in [5.74, 6) is 1.18. The highest BCUT2D eigenvalue weighted by molar-refractivity contribution is 8.14. The number of benzene rings is 1. The van der Waals surface area contributed by atoms with Crippen molar-refractivity contribution in [1.29, 1.82) is 0 Å². The summed E-state index contributed by atoms with van der Waals surface area (Å²) in [4.78, 5) is 0. The maximum Gasteiger partial charge on any atom is 0.311 e. The van der Waals surface area contributed by atoms with Crippen molar-refractivity contribution >= 4 is 22.6 Å². The standard InChI is InChI=1S/C12H16N2S/c1-9-4-5-11(10(2)8-9)13-12-14(3)6-7-15-12/h4-5,8H,6-7H2,1-3H3/p+1. The minimum atomic E-state index is 1.14. The van der Waals surface area contributed by atoms with E-state index in [9.17, 15) is 0 Å². The van der Waals surface area contributed by atoms with Gasteiger partial charge in [0.05, 0.1) is 13.6 Å². The second-order valence-corrected chi connectivity index (χ2v) is 5.10. The molecule has 0 saturated heterocycles. The first-order valence-electron chi connectivity index (χ1n) is 5.22. The highest BCUT2D eigenvalue weighted by Gasteiger charge is 2.19. The molecule has 1 aliphatic heterocycles. The van der Waals surface area contributed by atoms with E-state index < -0.39 is 0 Å². The molecule has 2 rings (SSSR count). The molecule has 0 atom stereocenters. The van der Waals surface area contributed by atoms with Crippen LogP contribution in [0.1, 0.15) is 11.1 Å². The number of hydrogen-bond donors (Lipinski definition) is 1. The lowest BCUT2D eigenvalue weighted by atomic mass is 10.1. The topological polar surface area (TPSA) is 15.0 Å². The van der Waals surface area contributed by atoms with Gasteiger partial charge < -0.3 is 0 Å². The third kappa shape index (κ3) is 2.34. The van der Waals surface area contributed by atoms with Gasteiger partial charge in [0.25, 0.3) is 0 Å². The van der Waals surface area contributed by atoms with E-state index in [-0.39, 0.29) is 0 Å². The molecule has 0 bridgehead atoms. The van der Waals surface area contributed by atoms with Gasteiger partial charge in [0.2, 0.25) is 0 Å². The molecular formula is C12H17N2S+. The van der Waals surface area contributed by atoms with E-state index >= 15 is 0 Å². The summed E-state index contributed by atoms with van der Waals surface area (Å²) in [5, 5.41) is 4.76. The van der Waals surface area contributed by atoms with Crippen LogP contribution >= 0.6 is 11.8 Å². The molecule has 0 fully saturated rings. The van der Waals surface area contributed by atoms with E-state index in [1.54, 1.807) is 0 Å². The third-order valence-electron chi connectivity index (χ3n) is 2.64. The van der Waals surface area contributed by atoms with Gasteiger partial charge in [-0.1, -0.05) is 17.7 Å². The summed E-state index contributed by atoms with van der Waals surface area (Å²) in [7, 11) is 2.13. The molecule has 0 spiro atoms. The quantitative estimate of drug-likeness (QED) is 0.733. The van der Waals surface area contributed by atoms with Crippen molar-refractivity contribution in [1.82, 2.24) is 0 Å². The predicted octanol–water partition coefficient (Wildman–Crippen LogP) is 2.46. The number of thioether (sulfide) groups is 1. The van der Waals surface area contributed by atoms with Crippen LogP contribution in [0.15, 0.2) is 18.2 Å². The van der Waals surface area contributed by atoms with Crippen molar-refractivity contribution in [3.63, 3.8) is 0 Å². The van der Waals surface area contributed by atoms with Crippen LogP contribution in [0.4, 0.5) is 5.69 Å². The van der Waals surface area contributed by atoms with Crippen LogP contribution in [-0.4, -0.2) is 29.1 Å². The van der Waals surface area contributed by atoms with Crippen LogP contribution in [0.5, 0.6) is 0 Å². The smallest absolute Gasteiger partial charge is 0.258 e. The summed E-state index contributed by atoms with van der Waals surface area (Å²) in [5.41, 5.74) is 3.84. The lowest BCUT2D eigenvalue weighted by Gasteiger charge is -2.04. The Balaban J connectivity index is 2.21. The lowest BCUT2D eigenvalue weighted by molar-refractivity contribution is -0.486. The summed E-state index contributed by atoms with van der Waals surface area (Å²) in [6.07, 6.45) is 0. The molecule has 1 aromatic rings. The molecule has 80 valence electrons. The Morgan fingerprint density at radius 2 is 2.13 bits per heavy atom. The molecule has 1 aliphatic rings. The Bertz CT molecular complexity index is 410. The molecule has 3 heteroatoms. The van der Waals surface area contributed by atoms with Gasteiger partial charge in [0.1, 0.15) is 5.69 Å². The van der Waals surface area contributed by atoms with E-state index in [1.807, 2.05) is 11.8 Å². The normalized spacial score (nSPS) is 15.9. The maximum atomic E-state index is 3.49. The zero-order chi connectivity index (χ0) is 10.8. The Morgan fingerprint density at radius 3 is 2.73 bits per heavy atom. The van der Waals surface area contributed by atoms with Gasteiger partial charge in [-0.15, -0.1) is 0 Å². The zero-order valence-corrected chi connectivity index (χ0v) is 10.3. The largest absolute Gasteiger partial charge is 0.311 e. The first kappa shape index (κ1) is 10.6. The van der Waals surface area contributed by atoms with Crippen LogP contribution in [0, 0.1) is 13.8 Å². The van der Waals surface area contributed by atoms with Gasteiger partial charge >= 0.3 is 5.17 Å². The van der Waals surface area contributed by atoms with Crippen molar-refractivity contribution in [2.24, 2.45) is 0 Å². The van der Waals surface area contributed by atoms with E-state index in [2.05, 4.69) is 49.0 Å². The van der Waals surface area contributed by atoms with Gasteiger partial charge in [-0.3, -0.25) is 4.58 Å². The fraction of sp³-hybridized carbons (Fsp3) is 0.417. The molecule has 2 nitrogen and oxygen atoms in total. The average Bonchev–Trinajstić information content (AvgIpc) is 2.57. The fourth-order valence-corrected chi connectivity index (χ4v) is 2.74. The first-order chi connectivity index (χ1) is 7.16. The molecule has 1 N–H and O–H groups in total. The number of rotatable bonds is 1. The van der Waals surface area contributed by atoms with Gasteiger partial charge in [0, 0.05) is 5.75 Å². The number of anilines is 1. The van der Waals surface area contributed by atoms with Gasteiger partial charge in [0.15, 0.2) is 0 Å². The molecular weight excluding hydrogens is 204 g/mol. The second kappa shape index (κ2) is 4.27. The average molecular weight is 221 g/mol. The second-order valence-electron chi connectivity index (χ2n) is 4.02. The third-order valence-corrected chi connectivity index (χ3v) is 3.71. The van der Waals surface area contributed by atoms with Crippen molar-refractivity contribution < 1.29 is 4.58 Å². The molecule has 0 aromatic heterocycles. The minimum absolute atomic E-state index is 1.14. The van der Waals surface area contributed by atoms with Crippen LogP contribution in [-0.2, 0) is 0 Å². The van der Waals surface area contributed by atoms with E-state index in [4.69, 9.17) is 0 Å². The summed E-state index contributed by atoms with van der Waals surface area (Å²) >= 11 is 1.89. The molecule has 1 aromatic carbocycles. The molecule has 1 heterocycles. The Hall–Kier alpha value is -0.960. The van der Waals surface area contributed by atoms with E-state index in [1.165, 1.54) is 27.7 Å².